The number of hydrogen-bond acceptors (Lipinski definition) is 3. The molecule has 2 rings (SSSR count). The minimum absolute atomic E-state index is 0.0984. The van der Waals surface area contributed by atoms with Crippen LogP contribution in [0.25, 0.3) is 0 Å². The van der Waals surface area contributed by atoms with Crippen LogP contribution >= 0.6 is 0 Å². The molecule has 0 radical (unpaired) electrons. The van der Waals surface area contributed by atoms with Gasteiger partial charge in [-0.3, -0.25) is 9.59 Å². The zero-order chi connectivity index (χ0) is 12.5. The van der Waals surface area contributed by atoms with Gasteiger partial charge in [-0.25, -0.2) is 0 Å². The molecular weight excluding hydrogens is 218 g/mol. The number of primary amides is 1. The van der Waals surface area contributed by atoms with E-state index in [-0.39, 0.29) is 11.8 Å². The van der Waals surface area contributed by atoms with E-state index in [9.17, 15) is 9.59 Å². The molecule has 5 heteroatoms. The molecule has 1 heterocycles. The number of rotatable bonds is 3. The number of hydrogen-bond donors (Lipinski definition) is 2. The van der Waals surface area contributed by atoms with Gasteiger partial charge < -0.3 is 16.4 Å². The molecule has 1 aliphatic carbocycles. The van der Waals surface area contributed by atoms with Crippen LogP contribution in [0.1, 0.15) is 38.5 Å². The first-order chi connectivity index (χ1) is 8.01. The zero-order valence-corrected chi connectivity index (χ0v) is 10.2. The van der Waals surface area contributed by atoms with Crippen LogP contribution in [0.3, 0.4) is 0 Å². The standard InChI is InChI=1S/C12H21N3O2/c13-10(16)8-9-2-6-15(7-3-9)11(17)12(14)4-1-5-12/h9H,1-8,14H2,(H2,13,16). The molecule has 0 spiro atoms. The van der Waals surface area contributed by atoms with Crippen molar-refractivity contribution in [1.82, 2.24) is 4.90 Å². The number of piperidine rings is 1. The Morgan fingerprint density at radius 3 is 2.24 bits per heavy atom. The van der Waals surface area contributed by atoms with Crippen LogP contribution in [-0.2, 0) is 9.59 Å². The average Bonchev–Trinajstić information content (AvgIpc) is 2.25. The van der Waals surface area contributed by atoms with Crippen LogP contribution in [0.5, 0.6) is 0 Å². The topological polar surface area (TPSA) is 89.4 Å². The lowest BCUT2D eigenvalue weighted by Gasteiger charge is -2.42. The fraction of sp³-hybridized carbons (Fsp3) is 0.833. The van der Waals surface area contributed by atoms with Gasteiger partial charge in [0, 0.05) is 19.5 Å². The van der Waals surface area contributed by atoms with Crippen LogP contribution < -0.4 is 11.5 Å². The Hall–Kier alpha value is -1.10. The Kier molecular flexibility index (Phi) is 3.38. The van der Waals surface area contributed by atoms with Gasteiger partial charge in [-0.1, -0.05) is 0 Å². The van der Waals surface area contributed by atoms with Crippen molar-refractivity contribution in [2.45, 2.75) is 44.1 Å². The van der Waals surface area contributed by atoms with Gasteiger partial charge in [-0.05, 0) is 38.0 Å². The molecule has 0 aromatic heterocycles. The normalized spacial score (nSPS) is 24.2. The number of carbonyl (C=O) groups excluding carboxylic acids is 2. The van der Waals surface area contributed by atoms with Crippen molar-refractivity contribution in [3.8, 4) is 0 Å². The van der Waals surface area contributed by atoms with E-state index in [1.807, 2.05) is 4.90 Å². The van der Waals surface area contributed by atoms with Gasteiger partial charge >= 0.3 is 0 Å². The monoisotopic (exact) mass is 239 g/mol. The highest BCUT2D eigenvalue weighted by atomic mass is 16.2. The molecule has 2 fully saturated rings. The third-order valence-corrected chi connectivity index (χ3v) is 4.06. The first-order valence-electron chi connectivity index (χ1n) is 6.38. The number of nitrogens with zero attached hydrogens (tertiary/aromatic N) is 1. The van der Waals surface area contributed by atoms with E-state index in [0.717, 1.165) is 45.2 Å². The maximum atomic E-state index is 12.1. The molecule has 4 N–H and O–H groups in total. The lowest BCUT2D eigenvalue weighted by Crippen LogP contribution is -2.60. The summed E-state index contributed by atoms with van der Waals surface area (Å²) < 4.78 is 0. The van der Waals surface area contributed by atoms with E-state index in [2.05, 4.69) is 0 Å². The Morgan fingerprint density at radius 1 is 1.24 bits per heavy atom. The van der Waals surface area contributed by atoms with Gasteiger partial charge in [0.05, 0.1) is 5.54 Å². The zero-order valence-electron chi connectivity index (χ0n) is 10.2. The predicted octanol–water partition coefficient (Wildman–Crippen LogP) is -0.0182. The summed E-state index contributed by atoms with van der Waals surface area (Å²) in [6, 6.07) is 0. The van der Waals surface area contributed by atoms with Crippen LogP contribution in [0.2, 0.25) is 0 Å². The van der Waals surface area contributed by atoms with E-state index in [0.29, 0.717) is 12.3 Å². The van der Waals surface area contributed by atoms with E-state index in [1.165, 1.54) is 0 Å². The first-order valence-corrected chi connectivity index (χ1v) is 6.38. The smallest absolute Gasteiger partial charge is 0.242 e. The molecule has 17 heavy (non-hydrogen) atoms. The summed E-state index contributed by atoms with van der Waals surface area (Å²) in [6.07, 6.45) is 4.85. The van der Waals surface area contributed by atoms with Crippen LogP contribution in [0.4, 0.5) is 0 Å². The third-order valence-electron chi connectivity index (χ3n) is 4.06. The van der Waals surface area contributed by atoms with E-state index < -0.39 is 5.54 Å². The molecule has 2 aliphatic rings. The molecule has 1 saturated carbocycles. The number of likely N-dealkylation sites (tertiary alicyclic amines) is 1. The molecule has 0 atom stereocenters. The van der Waals surface area contributed by atoms with Crippen molar-refractivity contribution < 1.29 is 9.59 Å². The Labute approximate surface area is 102 Å². The van der Waals surface area contributed by atoms with Gasteiger partial charge in [0.2, 0.25) is 11.8 Å². The lowest BCUT2D eigenvalue weighted by molar-refractivity contribution is -0.141. The molecule has 2 amide bonds. The summed E-state index contributed by atoms with van der Waals surface area (Å²) >= 11 is 0. The minimum atomic E-state index is -0.587. The van der Waals surface area contributed by atoms with Gasteiger partial charge in [0.15, 0.2) is 0 Å². The predicted molar refractivity (Wildman–Crippen MR) is 63.9 cm³/mol. The molecule has 0 unspecified atom stereocenters. The van der Waals surface area contributed by atoms with Crippen molar-refractivity contribution in [2.75, 3.05) is 13.1 Å². The Balaban J connectivity index is 1.82. The molecule has 1 aliphatic heterocycles. The van der Waals surface area contributed by atoms with Crippen molar-refractivity contribution in [1.29, 1.82) is 0 Å². The molecule has 1 saturated heterocycles. The quantitative estimate of drug-likeness (QED) is 0.725. The Bertz CT molecular complexity index is 318. The van der Waals surface area contributed by atoms with Crippen molar-refractivity contribution >= 4 is 11.8 Å². The van der Waals surface area contributed by atoms with Gasteiger partial charge in [0.25, 0.3) is 0 Å². The molecule has 0 aromatic rings. The number of nitrogens with two attached hydrogens (primary N) is 2. The lowest BCUT2D eigenvalue weighted by atomic mass is 9.76. The molecular formula is C12H21N3O2. The SMILES string of the molecule is NC(=O)CC1CCN(C(=O)C2(N)CCC2)CC1. The fourth-order valence-electron chi connectivity index (χ4n) is 2.71. The second kappa shape index (κ2) is 4.64. The summed E-state index contributed by atoms with van der Waals surface area (Å²) in [5, 5.41) is 0. The van der Waals surface area contributed by atoms with Crippen molar-refractivity contribution in [3.63, 3.8) is 0 Å². The van der Waals surface area contributed by atoms with Gasteiger partial charge in [-0.15, -0.1) is 0 Å². The van der Waals surface area contributed by atoms with Crippen molar-refractivity contribution in [2.24, 2.45) is 17.4 Å². The highest BCUT2D eigenvalue weighted by molar-refractivity contribution is 5.87. The summed E-state index contributed by atoms with van der Waals surface area (Å²) in [7, 11) is 0. The maximum absolute atomic E-state index is 12.1. The summed E-state index contributed by atoms with van der Waals surface area (Å²) in [5.41, 5.74) is 10.6. The molecule has 5 nitrogen and oxygen atoms in total. The highest BCUT2D eigenvalue weighted by Gasteiger charge is 2.43. The number of carbonyl (C=O) groups is 2. The van der Waals surface area contributed by atoms with Crippen LogP contribution in [0.15, 0.2) is 0 Å². The average molecular weight is 239 g/mol. The van der Waals surface area contributed by atoms with Crippen LogP contribution in [0, 0.1) is 5.92 Å². The minimum Gasteiger partial charge on any atom is -0.370 e. The first kappa shape index (κ1) is 12.4. The second-order valence-corrected chi connectivity index (χ2v) is 5.42. The molecule has 0 aromatic carbocycles. The van der Waals surface area contributed by atoms with Gasteiger partial charge in [-0.2, -0.15) is 0 Å². The van der Waals surface area contributed by atoms with Crippen LogP contribution in [-0.4, -0.2) is 35.3 Å². The maximum Gasteiger partial charge on any atom is 0.242 e. The summed E-state index contributed by atoms with van der Waals surface area (Å²) in [5.74, 6) is 0.192. The second-order valence-electron chi connectivity index (χ2n) is 5.42. The highest BCUT2D eigenvalue weighted by Crippen LogP contribution is 2.32. The fourth-order valence-corrected chi connectivity index (χ4v) is 2.71. The third kappa shape index (κ3) is 2.60. The summed E-state index contributed by atoms with van der Waals surface area (Å²) in [4.78, 5) is 24.8. The molecule has 0 bridgehead atoms. The van der Waals surface area contributed by atoms with E-state index in [4.69, 9.17) is 11.5 Å². The molecule has 96 valence electrons. The largest absolute Gasteiger partial charge is 0.370 e. The van der Waals surface area contributed by atoms with Gasteiger partial charge in [0.1, 0.15) is 0 Å². The van der Waals surface area contributed by atoms with E-state index in [1.54, 1.807) is 0 Å². The summed E-state index contributed by atoms with van der Waals surface area (Å²) in [6.45, 7) is 1.44. The number of amides is 2. The van der Waals surface area contributed by atoms with Crippen molar-refractivity contribution in [3.05, 3.63) is 0 Å². The van der Waals surface area contributed by atoms with E-state index >= 15 is 0 Å². The Morgan fingerprint density at radius 2 is 1.82 bits per heavy atom.